The van der Waals surface area contributed by atoms with Gasteiger partial charge in [0.25, 0.3) is 0 Å². The molecule has 2 aromatic rings. The highest BCUT2D eigenvalue weighted by Gasteiger charge is 2.44. The molecule has 4 rings (SSSR count). The number of rotatable bonds is 4. The Kier molecular flexibility index (Phi) is 4.07. The molecule has 1 aliphatic carbocycles. The highest BCUT2D eigenvalue weighted by molar-refractivity contribution is 6.31. The number of fused-ring (bicyclic) bond motifs is 1. The smallest absolute Gasteiger partial charge is 0.223 e. The van der Waals surface area contributed by atoms with Crippen LogP contribution in [0.15, 0.2) is 48.5 Å². The summed E-state index contributed by atoms with van der Waals surface area (Å²) in [6.07, 6.45) is 0.682. The third kappa shape index (κ3) is 3.06. The van der Waals surface area contributed by atoms with Crippen LogP contribution in [-0.4, -0.2) is 25.2 Å². The van der Waals surface area contributed by atoms with E-state index in [0.717, 1.165) is 28.5 Å². The Morgan fingerprint density at radius 1 is 1.12 bits per heavy atom. The molecule has 1 saturated carbocycles. The van der Waals surface area contributed by atoms with Crippen molar-refractivity contribution in [2.75, 3.05) is 13.2 Å². The number of benzene rings is 2. The molecule has 1 heterocycles. The lowest BCUT2D eigenvalue weighted by Crippen LogP contribution is -2.41. The summed E-state index contributed by atoms with van der Waals surface area (Å²) in [4.78, 5) is 12.3. The maximum absolute atomic E-state index is 12.3. The number of carbonyl (C=O) groups excluding carboxylic acids is 1. The van der Waals surface area contributed by atoms with Gasteiger partial charge in [0.2, 0.25) is 5.91 Å². The number of nitrogens with one attached hydrogen (secondary N) is 1. The van der Waals surface area contributed by atoms with Gasteiger partial charge in [0, 0.05) is 10.9 Å². The summed E-state index contributed by atoms with van der Waals surface area (Å²) in [7, 11) is 0. The predicted octanol–water partition coefficient (Wildman–Crippen LogP) is 3.40. The Balaban J connectivity index is 1.30. The lowest BCUT2D eigenvalue weighted by atomic mass is 10.1. The lowest BCUT2D eigenvalue weighted by Gasteiger charge is -2.26. The van der Waals surface area contributed by atoms with Gasteiger partial charge in [0.05, 0.1) is 6.54 Å². The van der Waals surface area contributed by atoms with Crippen LogP contribution >= 0.6 is 11.6 Å². The van der Waals surface area contributed by atoms with Crippen molar-refractivity contribution in [2.45, 2.75) is 18.4 Å². The quantitative estimate of drug-likeness (QED) is 0.925. The van der Waals surface area contributed by atoms with Crippen LogP contribution in [0.1, 0.15) is 17.9 Å². The van der Waals surface area contributed by atoms with Crippen LogP contribution < -0.4 is 14.8 Å². The Labute approximate surface area is 145 Å². The van der Waals surface area contributed by atoms with Crippen molar-refractivity contribution in [2.24, 2.45) is 5.92 Å². The summed E-state index contributed by atoms with van der Waals surface area (Å²) in [6.45, 7) is 0.884. The first-order chi connectivity index (χ1) is 11.7. The molecule has 2 aliphatic rings. The van der Waals surface area contributed by atoms with Crippen molar-refractivity contribution in [1.29, 1.82) is 0 Å². The molecule has 4 nitrogen and oxygen atoms in total. The molecule has 1 N–H and O–H groups in total. The SMILES string of the molecule is O=C(NCC1COc2ccccc2O1)C1CC1c1ccccc1Cl. The van der Waals surface area contributed by atoms with E-state index in [-0.39, 0.29) is 23.8 Å². The summed E-state index contributed by atoms with van der Waals surface area (Å²) < 4.78 is 11.5. The van der Waals surface area contributed by atoms with Gasteiger partial charge in [-0.05, 0) is 36.1 Å². The van der Waals surface area contributed by atoms with E-state index in [4.69, 9.17) is 21.1 Å². The van der Waals surface area contributed by atoms with Crippen LogP contribution in [0.25, 0.3) is 0 Å². The second kappa shape index (κ2) is 6.36. The summed E-state index contributed by atoms with van der Waals surface area (Å²) in [6, 6.07) is 15.3. The third-order valence-corrected chi connectivity index (χ3v) is 4.85. The molecule has 0 spiro atoms. The van der Waals surface area contributed by atoms with E-state index >= 15 is 0 Å². The van der Waals surface area contributed by atoms with Crippen LogP contribution in [-0.2, 0) is 4.79 Å². The number of para-hydroxylation sites is 2. The zero-order valence-electron chi connectivity index (χ0n) is 13.1. The fraction of sp³-hybridized carbons (Fsp3) is 0.316. The zero-order valence-corrected chi connectivity index (χ0v) is 13.8. The van der Waals surface area contributed by atoms with E-state index in [1.807, 2.05) is 48.5 Å². The summed E-state index contributed by atoms with van der Waals surface area (Å²) in [5, 5.41) is 3.71. The minimum atomic E-state index is -0.165. The first kappa shape index (κ1) is 15.3. The maximum atomic E-state index is 12.3. The van der Waals surface area contributed by atoms with Crippen molar-refractivity contribution >= 4 is 17.5 Å². The van der Waals surface area contributed by atoms with Gasteiger partial charge in [-0.15, -0.1) is 0 Å². The number of halogens is 1. The molecule has 0 radical (unpaired) electrons. The van der Waals surface area contributed by atoms with Gasteiger partial charge in [0.1, 0.15) is 12.7 Å². The molecule has 124 valence electrons. The van der Waals surface area contributed by atoms with Crippen LogP contribution in [0.5, 0.6) is 11.5 Å². The molecule has 3 unspecified atom stereocenters. The largest absolute Gasteiger partial charge is 0.486 e. The van der Waals surface area contributed by atoms with Gasteiger partial charge in [0.15, 0.2) is 11.5 Å². The van der Waals surface area contributed by atoms with Gasteiger partial charge in [-0.25, -0.2) is 0 Å². The van der Waals surface area contributed by atoms with Gasteiger partial charge in [-0.3, -0.25) is 4.79 Å². The Morgan fingerprint density at radius 2 is 1.88 bits per heavy atom. The predicted molar refractivity (Wildman–Crippen MR) is 91.7 cm³/mol. The monoisotopic (exact) mass is 343 g/mol. The molecule has 0 saturated heterocycles. The second-order valence-electron chi connectivity index (χ2n) is 6.21. The van der Waals surface area contributed by atoms with Gasteiger partial charge < -0.3 is 14.8 Å². The number of hydrogen-bond donors (Lipinski definition) is 1. The first-order valence-corrected chi connectivity index (χ1v) is 8.51. The average Bonchev–Trinajstić information content (AvgIpc) is 3.40. The summed E-state index contributed by atoms with van der Waals surface area (Å²) >= 11 is 6.21. The van der Waals surface area contributed by atoms with E-state index in [9.17, 15) is 4.79 Å². The Morgan fingerprint density at radius 3 is 2.71 bits per heavy atom. The average molecular weight is 344 g/mol. The van der Waals surface area contributed by atoms with Crippen LogP contribution in [0, 0.1) is 5.92 Å². The molecule has 1 amide bonds. The molecular weight excluding hydrogens is 326 g/mol. The van der Waals surface area contributed by atoms with E-state index < -0.39 is 0 Å². The number of amides is 1. The minimum Gasteiger partial charge on any atom is -0.486 e. The third-order valence-electron chi connectivity index (χ3n) is 4.50. The lowest BCUT2D eigenvalue weighted by molar-refractivity contribution is -0.122. The summed E-state index contributed by atoms with van der Waals surface area (Å²) in [5.74, 6) is 1.76. The molecular formula is C19H18ClNO3. The van der Waals surface area contributed by atoms with E-state index in [1.165, 1.54) is 0 Å². The molecule has 24 heavy (non-hydrogen) atoms. The van der Waals surface area contributed by atoms with Gasteiger partial charge in [-0.1, -0.05) is 41.9 Å². The van der Waals surface area contributed by atoms with E-state index in [2.05, 4.69) is 5.32 Å². The van der Waals surface area contributed by atoms with Crippen molar-refractivity contribution in [3.63, 3.8) is 0 Å². The van der Waals surface area contributed by atoms with E-state index in [1.54, 1.807) is 0 Å². The molecule has 0 bridgehead atoms. The van der Waals surface area contributed by atoms with Gasteiger partial charge >= 0.3 is 0 Å². The van der Waals surface area contributed by atoms with Crippen LogP contribution in [0.2, 0.25) is 5.02 Å². The normalized spacial score (nSPS) is 24.3. The highest BCUT2D eigenvalue weighted by Crippen LogP contribution is 2.49. The summed E-state index contributed by atoms with van der Waals surface area (Å²) in [5.41, 5.74) is 1.06. The molecule has 1 aliphatic heterocycles. The first-order valence-electron chi connectivity index (χ1n) is 8.13. The Bertz CT molecular complexity index is 764. The molecule has 2 aromatic carbocycles. The maximum Gasteiger partial charge on any atom is 0.223 e. The van der Waals surface area contributed by atoms with Crippen molar-refractivity contribution in [1.82, 2.24) is 5.32 Å². The standard InChI is InChI=1S/C19H18ClNO3/c20-16-6-2-1-5-13(16)14-9-15(14)19(22)21-10-12-11-23-17-7-3-4-8-18(17)24-12/h1-8,12,14-15H,9-11H2,(H,21,22). The van der Waals surface area contributed by atoms with Gasteiger partial charge in [-0.2, -0.15) is 0 Å². The number of carbonyl (C=O) groups is 1. The molecule has 1 fully saturated rings. The van der Waals surface area contributed by atoms with Crippen LogP contribution in [0.3, 0.4) is 0 Å². The van der Waals surface area contributed by atoms with Crippen molar-refractivity contribution < 1.29 is 14.3 Å². The van der Waals surface area contributed by atoms with Crippen molar-refractivity contribution in [3.05, 3.63) is 59.1 Å². The van der Waals surface area contributed by atoms with Crippen LogP contribution in [0.4, 0.5) is 0 Å². The number of hydrogen-bond acceptors (Lipinski definition) is 3. The Hall–Kier alpha value is -2.20. The van der Waals surface area contributed by atoms with E-state index in [0.29, 0.717) is 13.2 Å². The topological polar surface area (TPSA) is 47.6 Å². The highest BCUT2D eigenvalue weighted by atomic mass is 35.5. The minimum absolute atomic E-state index is 0.00157. The molecule has 3 atom stereocenters. The van der Waals surface area contributed by atoms with Crippen molar-refractivity contribution in [3.8, 4) is 11.5 Å². The fourth-order valence-electron chi connectivity index (χ4n) is 3.11. The fourth-order valence-corrected chi connectivity index (χ4v) is 3.39. The second-order valence-corrected chi connectivity index (χ2v) is 6.62. The number of ether oxygens (including phenoxy) is 2. The zero-order chi connectivity index (χ0) is 16.5. The molecule has 5 heteroatoms. The molecule has 0 aromatic heterocycles.